The van der Waals surface area contributed by atoms with Crippen molar-refractivity contribution in [2.75, 3.05) is 13.1 Å². The molecule has 0 spiro atoms. The second kappa shape index (κ2) is 3.15. The van der Waals surface area contributed by atoms with E-state index in [2.05, 4.69) is 18.3 Å². The molecule has 2 nitrogen and oxygen atoms in total. The Morgan fingerprint density at radius 1 is 1.67 bits per heavy atom. The summed E-state index contributed by atoms with van der Waals surface area (Å²) in [6.07, 6.45) is 3.82. The fourth-order valence-corrected chi connectivity index (χ4v) is 1.33. The van der Waals surface area contributed by atoms with Gasteiger partial charge >= 0.3 is 0 Å². The second-order valence-electron chi connectivity index (χ2n) is 3.26. The predicted molar refractivity (Wildman–Crippen MR) is 48.7 cm³/mol. The molecule has 1 fully saturated rings. The smallest absolute Gasteiger partial charge is 0.126 e. The van der Waals surface area contributed by atoms with Crippen LogP contribution in [0.1, 0.15) is 12.7 Å². The summed E-state index contributed by atoms with van der Waals surface area (Å²) in [5.74, 6) is 1.68. The van der Waals surface area contributed by atoms with Crippen molar-refractivity contribution in [1.29, 1.82) is 0 Å². The van der Waals surface area contributed by atoms with E-state index in [9.17, 15) is 0 Å². The maximum absolute atomic E-state index is 5.23. The minimum atomic E-state index is 0.718. The van der Waals surface area contributed by atoms with Crippen LogP contribution in [0, 0.1) is 5.92 Å². The van der Waals surface area contributed by atoms with Crippen molar-refractivity contribution >= 4 is 6.08 Å². The Hall–Kier alpha value is -1.02. The summed E-state index contributed by atoms with van der Waals surface area (Å²) in [6, 6.07) is 3.90. The lowest BCUT2D eigenvalue weighted by Crippen LogP contribution is -2.42. The molecule has 1 aromatic rings. The van der Waals surface area contributed by atoms with Gasteiger partial charge in [-0.15, -0.1) is 0 Å². The normalized spacial score (nSPS) is 19.2. The molecule has 0 amide bonds. The largest absolute Gasteiger partial charge is 0.465 e. The molecule has 1 aliphatic rings. The summed E-state index contributed by atoms with van der Waals surface area (Å²) in [5, 5.41) is 3.25. The third kappa shape index (κ3) is 1.43. The average Bonchev–Trinajstić information content (AvgIpc) is 2.34. The Kier molecular flexibility index (Phi) is 2.00. The van der Waals surface area contributed by atoms with E-state index >= 15 is 0 Å². The summed E-state index contributed by atoms with van der Waals surface area (Å²) in [4.78, 5) is 0. The molecule has 1 aromatic heterocycles. The SMILES string of the molecule is C/C(=C\c1ccco1)C1CNC1. The van der Waals surface area contributed by atoms with E-state index in [1.807, 2.05) is 12.1 Å². The van der Waals surface area contributed by atoms with Crippen LogP contribution in [0.3, 0.4) is 0 Å². The van der Waals surface area contributed by atoms with Crippen molar-refractivity contribution in [3.05, 3.63) is 29.7 Å². The zero-order chi connectivity index (χ0) is 8.39. The quantitative estimate of drug-likeness (QED) is 0.720. The van der Waals surface area contributed by atoms with Gasteiger partial charge in [-0.3, -0.25) is 0 Å². The fraction of sp³-hybridized carbons (Fsp3) is 0.400. The van der Waals surface area contributed by atoms with Gasteiger partial charge in [0.05, 0.1) is 6.26 Å². The highest BCUT2D eigenvalue weighted by Gasteiger charge is 2.17. The minimum absolute atomic E-state index is 0.718. The van der Waals surface area contributed by atoms with Gasteiger partial charge in [0.1, 0.15) is 5.76 Å². The van der Waals surface area contributed by atoms with Gasteiger partial charge in [-0.05, 0) is 25.1 Å². The summed E-state index contributed by atoms with van der Waals surface area (Å²) in [7, 11) is 0. The molecular formula is C10H13NO. The Labute approximate surface area is 72.3 Å². The van der Waals surface area contributed by atoms with Crippen molar-refractivity contribution in [2.24, 2.45) is 5.92 Å². The molecule has 0 radical (unpaired) electrons. The molecule has 0 aromatic carbocycles. The first-order valence-corrected chi connectivity index (χ1v) is 4.28. The van der Waals surface area contributed by atoms with E-state index in [1.54, 1.807) is 6.26 Å². The van der Waals surface area contributed by atoms with Crippen molar-refractivity contribution < 1.29 is 4.42 Å². The highest BCUT2D eigenvalue weighted by atomic mass is 16.3. The molecular weight excluding hydrogens is 150 g/mol. The molecule has 0 aliphatic carbocycles. The molecule has 0 saturated carbocycles. The molecule has 0 bridgehead atoms. The lowest BCUT2D eigenvalue weighted by Gasteiger charge is -2.27. The molecule has 64 valence electrons. The van der Waals surface area contributed by atoms with E-state index in [4.69, 9.17) is 4.42 Å². The van der Waals surface area contributed by atoms with Crippen LogP contribution in [0.15, 0.2) is 28.4 Å². The first-order valence-electron chi connectivity index (χ1n) is 4.28. The summed E-state index contributed by atoms with van der Waals surface area (Å²) < 4.78 is 5.23. The minimum Gasteiger partial charge on any atom is -0.465 e. The topological polar surface area (TPSA) is 25.2 Å². The molecule has 0 atom stereocenters. The van der Waals surface area contributed by atoms with E-state index < -0.39 is 0 Å². The third-order valence-electron chi connectivity index (χ3n) is 2.34. The average molecular weight is 163 g/mol. The number of rotatable bonds is 2. The van der Waals surface area contributed by atoms with E-state index in [0.29, 0.717) is 0 Å². The Bertz CT molecular complexity index is 270. The third-order valence-corrected chi connectivity index (χ3v) is 2.34. The maximum Gasteiger partial charge on any atom is 0.126 e. The van der Waals surface area contributed by atoms with Crippen LogP contribution in [-0.4, -0.2) is 13.1 Å². The van der Waals surface area contributed by atoms with Crippen molar-refractivity contribution in [1.82, 2.24) is 5.32 Å². The molecule has 2 heteroatoms. The fourth-order valence-electron chi connectivity index (χ4n) is 1.33. The van der Waals surface area contributed by atoms with Crippen LogP contribution in [0.25, 0.3) is 6.08 Å². The zero-order valence-electron chi connectivity index (χ0n) is 7.21. The van der Waals surface area contributed by atoms with Crippen LogP contribution < -0.4 is 5.32 Å². The van der Waals surface area contributed by atoms with Gasteiger partial charge in [0.2, 0.25) is 0 Å². The first kappa shape index (κ1) is 7.62. The standard InChI is InChI=1S/C10H13NO/c1-8(9-6-11-7-9)5-10-3-2-4-12-10/h2-5,9,11H,6-7H2,1H3/b8-5+. The van der Waals surface area contributed by atoms with Crippen molar-refractivity contribution in [3.8, 4) is 0 Å². The predicted octanol–water partition coefficient (Wildman–Crippen LogP) is 1.90. The first-order chi connectivity index (χ1) is 5.86. The highest BCUT2D eigenvalue weighted by Crippen LogP contribution is 2.18. The van der Waals surface area contributed by atoms with Crippen LogP contribution in [0.4, 0.5) is 0 Å². The van der Waals surface area contributed by atoms with Crippen molar-refractivity contribution in [2.45, 2.75) is 6.92 Å². The zero-order valence-corrected chi connectivity index (χ0v) is 7.21. The summed E-state index contributed by atoms with van der Waals surface area (Å²) in [6.45, 7) is 4.39. The number of hydrogen-bond acceptors (Lipinski definition) is 2. The Morgan fingerprint density at radius 3 is 3.00 bits per heavy atom. The van der Waals surface area contributed by atoms with Crippen molar-refractivity contribution in [3.63, 3.8) is 0 Å². The van der Waals surface area contributed by atoms with Crippen LogP contribution in [0.5, 0.6) is 0 Å². The summed E-state index contributed by atoms with van der Waals surface area (Å²) in [5.41, 5.74) is 1.41. The van der Waals surface area contributed by atoms with E-state index in [0.717, 1.165) is 24.8 Å². The Balaban J connectivity index is 2.07. The summed E-state index contributed by atoms with van der Waals surface area (Å²) >= 11 is 0. The molecule has 1 saturated heterocycles. The molecule has 12 heavy (non-hydrogen) atoms. The van der Waals surface area contributed by atoms with Crippen LogP contribution >= 0.6 is 0 Å². The molecule has 2 heterocycles. The van der Waals surface area contributed by atoms with E-state index in [-0.39, 0.29) is 0 Å². The molecule has 1 aliphatic heterocycles. The molecule has 1 N–H and O–H groups in total. The lowest BCUT2D eigenvalue weighted by molar-refractivity contribution is 0.400. The van der Waals surface area contributed by atoms with Crippen LogP contribution in [-0.2, 0) is 0 Å². The Morgan fingerprint density at radius 2 is 2.50 bits per heavy atom. The van der Waals surface area contributed by atoms with E-state index in [1.165, 1.54) is 5.57 Å². The van der Waals surface area contributed by atoms with Gasteiger partial charge in [0.15, 0.2) is 0 Å². The van der Waals surface area contributed by atoms with Gasteiger partial charge in [-0.1, -0.05) is 5.57 Å². The number of hydrogen-bond donors (Lipinski definition) is 1. The lowest BCUT2D eigenvalue weighted by atomic mass is 9.94. The molecule has 0 unspecified atom stereocenters. The number of furan rings is 1. The molecule has 2 rings (SSSR count). The highest BCUT2D eigenvalue weighted by molar-refractivity contribution is 5.47. The monoisotopic (exact) mass is 163 g/mol. The maximum atomic E-state index is 5.23. The van der Waals surface area contributed by atoms with Gasteiger partial charge in [0, 0.05) is 19.0 Å². The van der Waals surface area contributed by atoms with Gasteiger partial charge < -0.3 is 9.73 Å². The van der Waals surface area contributed by atoms with Crippen LogP contribution in [0.2, 0.25) is 0 Å². The van der Waals surface area contributed by atoms with Gasteiger partial charge in [0.25, 0.3) is 0 Å². The second-order valence-corrected chi connectivity index (χ2v) is 3.26. The van der Waals surface area contributed by atoms with Gasteiger partial charge in [-0.25, -0.2) is 0 Å². The number of nitrogens with one attached hydrogen (secondary N) is 1. The van der Waals surface area contributed by atoms with Gasteiger partial charge in [-0.2, -0.15) is 0 Å².